The molecule has 2 aromatic heterocycles. The van der Waals surface area contributed by atoms with Gasteiger partial charge >= 0.3 is 5.69 Å². The summed E-state index contributed by atoms with van der Waals surface area (Å²) < 4.78 is 3.17. The maximum Gasteiger partial charge on any atom is 0.350 e. The number of hydrogen-bond acceptors (Lipinski definition) is 4. The molecular formula is C19H24ClN5O. The summed E-state index contributed by atoms with van der Waals surface area (Å²) in [7, 11) is 0. The van der Waals surface area contributed by atoms with Crippen molar-refractivity contribution in [1.29, 1.82) is 0 Å². The van der Waals surface area contributed by atoms with Crippen molar-refractivity contribution in [2.45, 2.75) is 13.0 Å². The van der Waals surface area contributed by atoms with Crippen LogP contribution in [0.25, 0.3) is 5.65 Å². The standard InChI is InChI=1S/C19H23N5O.ClH/c25-19-23-11-5-4-9-18(23)20-24(19)12-6-10-21-13-15-22(16-14-21)17-7-2-1-3-8-17;/h1-5,7-9,11H,6,10,12-16H2;1H. The first-order chi connectivity index (χ1) is 12.3. The van der Waals surface area contributed by atoms with E-state index < -0.39 is 0 Å². The number of pyridine rings is 1. The summed E-state index contributed by atoms with van der Waals surface area (Å²) in [6.07, 6.45) is 2.71. The molecule has 0 atom stereocenters. The van der Waals surface area contributed by atoms with E-state index in [0.717, 1.165) is 39.1 Å². The van der Waals surface area contributed by atoms with Crippen LogP contribution in [0.1, 0.15) is 6.42 Å². The van der Waals surface area contributed by atoms with Crippen LogP contribution in [0, 0.1) is 0 Å². The predicted octanol–water partition coefficient (Wildman–Crippen LogP) is 2.13. The van der Waals surface area contributed by atoms with Crippen molar-refractivity contribution in [3.8, 4) is 0 Å². The van der Waals surface area contributed by atoms with Gasteiger partial charge in [-0.15, -0.1) is 17.5 Å². The van der Waals surface area contributed by atoms with Crippen molar-refractivity contribution in [3.63, 3.8) is 0 Å². The quantitative estimate of drug-likeness (QED) is 0.687. The van der Waals surface area contributed by atoms with E-state index in [-0.39, 0.29) is 18.1 Å². The fourth-order valence-electron chi connectivity index (χ4n) is 3.43. The molecule has 6 nitrogen and oxygen atoms in total. The van der Waals surface area contributed by atoms with Crippen LogP contribution in [-0.4, -0.2) is 51.8 Å². The molecule has 0 saturated carbocycles. The molecule has 0 radical (unpaired) electrons. The van der Waals surface area contributed by atoms with Crippen LogP contribution in [0.3, 0.4) is 0 Å². The van der Waals surface area contributed by atoms with E-state index in [4.69, 9.17) is 0 Å². The molecule has 0 bridgehead atoms. The van der Waals surface area contributed by atoms with E-state index in [1.807, 2.05) is 18.2 Å². The SMILES string of the molecule is Cl.O=c1n(CCCN2CCN(c3ccccc3)CC2)nc2ccccn12. The number of halogens is 1. The van der Waals surface area contributed by atoms with Gasteiger partial charge in [0, 0.05) is 51.2 Å². The molecule has 138 valence electrons. The monoisotopic (exact) mass is 373 g/mol. The molecule has 0 unspecified atom stereocenters. The van der Waals surface area contributed by atoms with Crippen molar-refractivity contribution in [2.75, 3.05) is 37.6 Å². The van der Waals surface area contributed by atoms with E-state index in [9.17, 15) is 4.79 Å². The summed E-state index contributed by atoms with van der Waals surface area (Å²) in [6.45, 7) is 5.91. The molecule has 0 aliphatic carbocycles. The zero-order valence-corrected chi connectivity index (χ0v) is 15.5. The van der Waals surface area contributed by atoms with E-state index in [0.29, 0.717) is 12.2 Å². The highest BCUT2D eigenvalue weighted by molar-refractivity contribution is 5.85. The third kappa shape index (κ3) is 3.92. The first kappa shape index (κ1) is 18.5. The Kier molecular flexibility index (Phi) is 5.96. The Hall–Kier alpha value is -2.31. The first-order valence-corrected chi connectivity index (χ1v) is 8.88. The molecule has 1 aliphatic rings. The van der Waals surface area contributed by atoms with Crippen LogP contribution in [0.5, 0.6) is 0 Å². The lowest BCUT2D eigenvalue weighted by Crippen LogP contribution is -2.46. The fourth-order valence-corrected chi connectivity index (χ4v) is 3.43. The van der Waals surface area contributed by atoms with Gasteiger partial charge in [0.15, 0.2) is 5.65 Å². The number of nitrogens with zero attached hydrogens (tertiary/aromatic N) is 5. The number of fused-ring (bicyclic) bond motifs is 1. The molecule has 3 heterocycles. The first-order valence-electron chi connectivity index (χ1n) is 8.88. The Balaban J connectivity index is 0.00000196. The summed E-state index contributed by atoms with van der Waals surface area (Å²) in [5, 5.41) is 4.39. The molecule has 0 amide bonds. The summed E-state index contributed by atoms with van der Waals surface area (Å²) >= 11 is 0. The van der Waals surface area contributed by atoms with Gasteiger partial charge in [0.25, 0.3) is 0 Å². The summed E-state index contributed by atoms with van der Waals surface area (Å²) in [5.41, 5.74) is 1.96. The maximum atomic E-state index is 12.3. The average molecular weight is 374 g/mol. The van der Waals surface area contributed by atoms with Crippen LogP contribution in [0.4, 0.5) is 5.69 Å². The third-order valence-corrected chi connectivity index (χ3v) is 4.83. The Morgan fingerprint density at radius 3 is 2.35 bits per heavy atom. The Morgan fingerprint density at radius 1 is 0.885 bits per heavy atom. The second kappa shape index (κ2) is 8.38. The second-order valence-corrected chi connectivity index (χ2v) is 6.45. The van der Waals surface area contributed by atoms with Crippen LogP contribution in [-0.2, 0) is 6.54 Å². The molecule has 1 aromatic carbocycles. The van der Waals surface area contributed by atoms with Gasteiger partial charge in [-0.2, -0.15) is 0 Å². The van der Waals surface area contributed by atoms with Crippen molar-refractivity contribution >= 4 is 23.7 Å². The highest BCUT2D eigenvalue weighted by Crippen LogP contribution is 2.15. The molecular weight excluding hydrogens is 350 g/mol. The number of para-hydroxylation sites is 1. The van der Waals surface area contributed by atoms with Gasteiger partial charge in [-0.25, -0.2) is 9.48 Å². The van der Waals surface area contributed by atoms with Gasteiger partial charge in [-0.05, 0) is 30.7 Å². The molecule has 1 saturated heterocycles. The molecule has 3 aromatic rings. The molecule has 0 spiro atoms. The normalized spacial score (nSPS) is 15.2. The van der Waals surface area contributed by atoms with Crippen molar-refractivity contribution < 1.29 is 0 Å². The minimum Gasteiger partial charge on any atom is -0.369 e. The lowest BCUT2D eigenvalue weighted by molar-refractivity contribution is 0.248. The zero-order valence-electron chi connectivity index (χ0n) is 14.7. The minimum absolute atomic E-state index is 0. The molecule has 26 heavy (non-hydrogen) atoms. The number of aromatic nitrogens is 3. The smallest absolute Gasteiger partial charge is 0.350 e. The lowest BCUT2D eigenvalue weighted by Gasteiger charge is -2.36. The molecule has 4 rings (SSSR count). The number of rotatable bonds is 5. The largest absolute Gasteiger partial charge is 0.369 e. The molecule has 0 N–H and O–H groups in total. The predicted molar refractivity (Wildman–Crippen MR) is 106 cm³/mol. The number of anilines is 1. The second-order valence-electron chi connectivity index (χ2n) is 6.45. The van der Waals surface area contributed by atoms with Crippen molar-refractivity contribution in [2.24, 2.45) is 0 Å². The molecule has 1 fully saturated rings. The zero-order chi connectivity index (χ0) is 17.1. The number of aryl methyl sites for hydroxylation is 1. The van der Waals surface area contributed by atoms with Crippen molar-refractivity contribution in [1.82, 2.24) is 19.1 Å². The van der Waals surface area contributed by atoms with Crippen LogP contribution in [0.15, 0.2) is 59.5 Å². The van der Waals surface area contributed by atoms with Crippen molar-refractivity contribution in [3.05, 3.63) is 65.2 Å². The van der Waals surface area contributed by atoms with Crippen LogP contribution in [0.2, 0.25) is 0 Å². The number of benzene rings is 1. The Bertz CT molecular complexity index is 884. The number of hydrogen-bond donors (Lipinski definition) is 0. The average Bonchev–Trinajstić information content (AvgIpc) is 2.99. The van der Waals surface area contributed by atoms with Gasteiger partial charge in [0.1, 0.15) is 0 Å². The summed E-state index contributed by atoms with van der Waals surface area (Å²) in [5.74, 6) is 0. The van der Waals surface area contributed by atoms with E-state index in [2.05, 4.69) is 45.2 Å². The van der Waals surface area contributed by atoms with Gasteiger partial charge in [-0.3, -0.25) is 9.30 Å². The Morgan fingerprint density at radius 2 is 1.62 bits per heavy atom. The Labute approximate surface area is 159 Å². The highest BCUT2D eigenvalue weighted by Gasteiger charge is 2.16. The number of piperazine rings is 1. The van der Waals surface area contributed by atoms with Gasteiger partial charge in [0.2, 0.25) is 0 Å². The van der Waals surface area contributed by atoms with Gasteiger partial charge in [-0.1, -0.05) is 24.3 Å². The fraction of sp³-hybridized carbons (Fsp3) is 0.368. The van der Waals surface area contributed by atoms with Gasteiger partial charge in [0.05, 0.1) is 0 Å². The highest BCUT2D eigenvalue weighted by atomic mass is 35.5. The summed E-state index contributed by atoms with van der Waals surface area (Å²) in [6, 6.07) is 16.2. The molecule has 7 heteroatoms. The topological polar surface area (TPSA) is 45.8 Å². The van der Waals surface area contributed by atoms with E-state index in [1.54, 1.807) is 15.3 Å². The minimum atomic E-state index is -0.0514. The van der Waals surface area contributed by atoms with E-state index >= 15 is 0 Å². The lowest BCUT2D eigenvalue weighted by atomic mass is 10.2. The third-order valence-electron chi connectivity index (χ3n) is 4.83. The van der Waals surface area contributed by atoms with Crippen LogP contribution >= 0.6 is 12.4 Å². The van der Waals surface area contributed by atoms with Gasteiger partial charge < -0.3 is 4.90 Å². The molecule has 1 aliphatic heterocycles. The summed E-state index contributed by atoms with van der Waals surface area (Å²) in [4.78, 5) is 17.2. The van der Waals surface area contributed by atoms with Crippen LogP contribution < -0.4 is 10.6 Å². The van der Waals surface area contributed by atoms with E-state index in [1.165, 1.54) is 5.69 Å². The maximum absolute atomic E-state index is 12.3.